The quantitative estimate of drug-likeness (QED) is 0.0192. The van der Waals surface area contributed by atoms with Crippen LogP contribution in [0.5, 0.6) is 0 Å². The van der Waals surface area contributed by atoms with E-state index in [4.69, 9.17) is 28.0 Å². The number of guanidine groups is 1. The molecule has 17 N–H and O–H groups in total. The number of carboxylic acids is 3. The molecule has 0 rings (SSSR count). The molecule has 6 amide bonds. The van der Waals surface area contributed by atoms with Gasteiger partial charge < -0.3 is 70.2 Å². The van der Waals surface area contributed by atoms with Gasteiger partial charge in [-0.05, 0) is 76.7 Å². The Labute approximate surface area is 349 Å². The highest BCUT2D eigenvalue weighted by Crippen LogP contribution is 2.12. The van der Waals surface area contributed by atoms with Crippen molar-refractivity contribution in [1.29, 1.82) is 0 Å². The minimum atomic E-state index is -1.50. The number of aliphatic imine (C=N–C) groups is 1. The van der Waals surface area contributed by atoms with Crippen LogP contribution in [0.15, 0.2) is 4.99 Å². The van der Waals surface area contributed by atoms with Gasteiger partial charge in [0.15, 0.2) is 5.96 Å². The molecule has 0 fully saturated rings. The molecular weight excluding hydrogens is 790 g/mol. The van der Waals surface area contributed by atoms with Crippen molar-refractivity contribution in [3.8, 4) is 0 Å². The molecule has 0 heterocycles. The molecular formula is C37H67N11O12. The molecule has 0 aliphatic rings. The molecule has 0 aromatic heterocycles. The average Bonchev–Trinajstić information content (AvgIpc) is 3.16. The summed E-state index contributed by atoms with van der Waals surface area (Å²) < 4.78 is 0. The number of nitrogens with zero attached hydrogens (tertiary/aromatic N) is 1. The number of nitrogens with two attached hydrogens (primary N) is 4. The smallest absolute Gasteiger partial charge is 0.326 e. The lowest BCUT2D eigenvalue weighted by Crippen LogP contribution is -2.60. The van der Waals surface area contributed by atoms with Crippen molar-refractivity contribution in [2.75, 3.05) is 13.1 Å². The molecule has 0 saturated heterocycles. The molecule has 0 radical (unpaired) electrons. The third-order valence-electron chi connectivity index (χ3n) is 9.31. The number of nitrogens with one attached hydrogen (secondary N) is 6. The molecule has 0 aromatic carbocycles. The molecule has 0 aliphatic carbocycles. The molecule has 60 heavy (non-hydrogen) atoms. The molecule has 8 atom stereocenters. The first-order chi connectivity index (χ1) is 28.0. The van der Waals surface area contributed by atoms with E-state index in [0.717, 1.165) is 0 Å². The van der Waals surface area contributed by atoms with E-state index in [1.165, 1.54) is 6.92 Å². The van der Waals surface area contributed by atoms with Crippen LogP contribution in [0.2, 0.25) is 0 Å². The Morgan fingerprint density at radius 2 is 1.07 bits per heavy atom. The second kappa shape index (κ2) is 28.8. The zero-order chi connectivity index (χ0) is 46.1. The molecule has 23 heteroatoms. The normalized spacial score (nSPS) is 15.0. The first kappa shape index (κ1) is 54.4. The van der Waals surface area contributed by atoms with Gasteiger partial charge in [-0.15, -0.1) is 0 Å². The highest BCUT2D eigenvalue weighted by Gasteiger charge is 2.34. The summed E-state index contributed by atoms with van der Waals surface area (Å²) in [5, 5.41) is 42.8. The largest absolute Gasteiger partial charge is 0.481 e. The van der Waals surface area contributed by atoms with Crippen molar-refractivity contribution in [2.24, 2.45) is 39.8 Å². The van der Waals surface area contributed by atoms with Crippen molar-refractivity contribution in [2.45, 2.75) is 148 Å². The predicted molar refractivity (Wildman–Crippen MR) is 218 cm³/mol. The second-order valence-corrected chi connectivity index (χ2v) is 15.0. The summed E-state index contributed by atoms with van der Waals surface area (Å²) in [6, 6.07) is -9.17. The van der Waals surface area contributed by atoms with Crippen LogP contribution in [0, 0.1) is 11.8 Å². The van der Waals surface area contributed by atoms with Crippen LogP contribution >= 0.6 is 0 Å². The van der Waals surface area contributed by atoms with Gasteiger partial charge in [-0.3, -0.25) is 43.3 Å². The van der Waals surface area contributed by atoms with E-state index >= 15 is 0 Å². The monoisotopic (exact) mass is 857 g/mol. The Morgan fingerprint density at radius 1 is 0.583 bits per heavy atom. The standard InChI is InChI=1S/C37H67N11O12/c1-6-20(4)29(35(58)47-26(36(59)60)18-19(2)3)48-30(53)21(5)43-32(55)24(11-9-17-42-37(40)41)46-33(56)23(10-7-8-16-38)45-34(57)25(13-15-28(51)52)44-31(54)22(39)12-14-27(49)50/h19-26,29H,6-18,38-39H2,1-5H3,(H,43,55)(H,44,54)(H,45,57)(H,46,56)(H,47,58)(H,48,53)(H,49,50)(H,51,52)(H,59,60)(H4,40,41,42)/t20-,21-,22-,23-,24-,25-,26-,29-/m0/s1. The van der Waals surface area contributed by atoms with E-state index in [0.29, 0.717) is 19.3 Å². The maximum atomic E-state index is 13.8. The number of carbonyl (C=O) groups is 9. The maximum Gasteiger partial charge on any atom is 0.326 e. The summed E-state index contributed by atoms with van der Waals surface area (Å²) >= 11 is 0. The van der Waals surface area contributed by atoms with Crippen LogP contribution in [-0.4, -0.2) is 130 Å². The maximum absolute atomic E-state index is 13.8. The van der Waals surface area contributed by atoms with Crippen molar-refractivity contribution in [3.63, 3.8) is 0 Å². The highest BCUT2D eigenvalue weighted by atomic mass is 16.4. The number of carboxylic acid groups (broad SMARTS) is 3. The summed E-state index contributed by atoms with van der Waals surface area (Å²) in [7, 11) is 0. The molecule has 0 aromatic rings. The number of aliphatic carboxylic acids is 3. The fourth-order valence-corrected chi connectivity index (χ4v) is 5.62. The number of carbonyl (C=O) groups excluding carboxylic acids is 6. The highest BCUT2D eigenvalue weighted by molar-refractivity contribution is 5.97. The van der Waals surface area contributed by atoms with Gasteiger partial charge in [0.2, 0.25) is 35.4 Å². The fraction of sp³-hybridized carbons (Fsp3) is 0.730. The fourth-order valence-electron chi connectivity index (χ4n) is 5.62. The molecule has 0 spiro atoms. The van der Waals surface area contributed by atoms with Crippen LogP contribution < -0.4 is 54.8 Å². The zero-order valence-electron chi connectivity index (χ0n) is 35.2. The molecule has 342 valence electrons. The van der Waals surface area contributed by atoms with E-state index in [2.05, 4.69) is 36.9 Å². The number of unbranched alkanes of at least 4 members (excludes halogenated alkanes) is 1. The first-order valence-corrected chi connectivity index (χ1v) is 20.0. The summed E-state index contributed by atoms with van der Waals surface area (Å²) in [6.45, 7) is 8.69. The van der Waals surface area contributed by atoms with Gasteiger partial charge in [-0.25, -0.2) is 4.79 Å². The van der Waals surface area contributed by atoms with Gasteiger partial charge in [-0.2, -0.15) is 0 Å². The number of hydrogen-bond donors (Lipinski definition) is 13. The van der Waals surface area contributed by atoms with E-state index in [1.807, 2.05) is 0 Å². The van der Waals surface area contributed by atoms with Gasteiger partial charge in [0.25, 0.3) is 0 Å². The van der Waals surface area contributed by atoms with Crippen LogP contribution in [0.1, 0.15) is 105 Å². The van der Waals surface area contributed by atoms with Gasteiger partial charge in [0.05, 0.1) is 6.04 Å². The van der Waals surface area contributed by atoms with E-state index in [9.17, 15) is 53.4 Å². The van der Waals surface area contributed by atoms with Crippen molar-refractivity contribution >= 4 is 59.3 Å². The SMILES string of the molecule is CC[C@H](C)[C@H](NC(=O)[C@H](C)NC(=O)[C@H](CCCN=C(N)N)NC(=O)[C@H](CCCCN)NC(=O)[C@H](CCC(=O)O)NC(=O)[C@@H](N)CCC(=O)O)C(=O)N[C@@H](CC(C)C)C(=O)O. The summed E-state index contributed by atoms with van der Waals surface area (Å²) in [5.41, 5.74) is 22.3. The Kier molecular flexibility index (Phi) is 26.1. The Hall–Kier alpha value is -5.58. The second-order valence-electron chi connectivity index (χ2n) is 15.0. The molecule has 0 aliphatic heterocycles. The number of amides is 6. The van der Waals surface area contributed by atoms with Crippen molar-refractivity contribution < 1.29 is 58.5 Å². The van der Waals surface area contributed by atoms with Gasteiger partial charge in [0, 0.05) is 19.4 Å². The Morgan fingerprint density at radius 3 is 1.55 bits per heavy atom. The lowest BCUT2D eigenvalue weighted by atomic mass is 9.96. The minimum Gasteiger partial charge on any atom is -0.481 e. The predicted octanol–water partition coefficient (Wildman–Crippen LogP) is -2.67. The van der Waals surface area contributed by atoms with Crippen LogP contribution in [0.4, 0.5) is 0 Å². The zero-order valence-corrected chi connectivity index (χ0v) is 35.2. The Balaban J connectivity index is 6.34. The van der Waals surface area contributed by atoms with Gasteiger partial charge in [-0.1, -0.05) is 34.1 Å². The lowest BCUT2D eigenvalue weighted by molar-refractivity contribution is -0.143. The van der Waals surface area contributed by atoms with Crippen LogP contribution in [0.25, 0.3) is 0 Å². The lowest BCUT2D eigenvalue weighted by Gasteiger charge is -2.28. The van der Waals surface area contributed by atoms with E-state index in [-0.39, 0.29) is 57.1 Å². The number of rotatable bonds is 31. The van der Waals surface area contributed by atoms with Crippen molar-refractivity contribution in [3.05, 3.63) is 0 Å². The van der Waals surface area contributed by atoms with E-state index in [1.54, 1.807) is 27.7 Å². The summed E-state index contributed by atoms with van der Waals surface area (Å²) in [5.74, 6) is -9.54. The minimum absolute atomic E-state index is 0.00733. The van der Waals surface area contributed by atoms with Crippen molar-refractivity contribution in [1.82, 2.24) is 31.9 Å². The molecule has 0 unspecified atom stereocenters. The molecule has 0 saturated carbocycles. The van der Waals surface area contributed by atoms with Crippen LogP contribution in [-0.2, 0) is 43.2 Å². The first-order valence-electron chi connectivity index (χ1n) is 20.0. The number of hydrogen-bond acceptors (Lipinski definition) is 12. The molecule has 0 bridgehead atoms. The topological polar surface area (TPSA) is 403 Å². The summed E-state index contributed by atoms with van der Waals surface area (Å²) in [6.07, 6.45) is -0.299. The average molecular weight is 858 g/mol. The summed E-state index contributed by atoms with van der Waals surface area (Å²) in [4.78, 5) is 118. The van der Waals surface area contributed by atoms with Crippen LogP contribution in [0.3, 0.4) is 0 Å². The molecule has 23 nitrogen and oxygen atoms in total. The third-order valence-corrected chi connectivity index (χ3v) is 9.31. The van der Waals surface area contributed by atoms with Gasteiger partial charge in [0.1, 0.15) is 36.3 Å². The Bertz CT molecular complexity index is 1490. The van der Waals surface area contributed by atoms with Gasteiger partial charge >= 0.3 is 17.9 Å². The van der Waals surface area contributed by atoms with E-state index < -0.39 is 121 Å². The third kappa shape index (κ3) is 22.5.